The van der Waals surface area contributed by atoms with Crippen molar-refractivity contribution in [3.63, 3.8) is 0 Å². The zero-order valence-electron chi connectivity index (χ0n) is 14.2. The minimum absolute atomic E-state index is 0.154. The minimum Gasteiger partial charge on any atom is -0.459 e. The minimum atomic E-state index is -0.544. The van der Waals surface area contributed by atoms with E-state index in [1.165, 1.54) is 10.8 Å². The Bertz CT molecular complexity index is 1120. The largest absolute Gasteiger partial charge is 0.459 e. The van der Waals surface area contributed by atoms with E-state index in [1.54, 1.807) is 49.5 Å². The Morgan fingerprint density at radius 2 is 2.04 bits per heavy atom. The van der Waals surface area contributed by atoms with Gasteiger partial charge in [-0.15, -0.1) is 10.2 Å². The maximum atomic E-state index is 12.2. The number of hydrogen-bond donors (Lipinski definition) is 1. The second-order valence-electron chi connectivity index (χ2n) is 5.67. The van der Waals surface area contributed by atoms with Crippen LogP contribution in [0.5, 0.6) is 0 Å². The van der Waals surface area contributed by atoms with Gasteiger partial charge in [0.1, 0.15) is 0 Å². The van der Waals surface area contributed by atoms with Crippen LogP contribution in [0.2, 0.25) is 0 Å². The summed E-state index contributed by atoms with van der Waals surface area (Å²) in [6.45, 7) is 1.64. The molecule has 0 saturated heterocycles. The zero-order chi connectivity index (χ0) is 18.8. The molecule has 4 aromatic rings. The smallest absolute Gasteiger partial charge is 0.338 e. The highest BCUT2D eigenvalue weighted by Gasteiger charge is 2.14. The van der Waals surface area contributed by atoms with Gasteiger partial charge in [-0.05, 0) is 43.3 Å². The second kappa shape index (κ2) is 6.79. The molecular weight excluding hydrogens is 352 g/mol. The van der Waals surface area contributed by atoms with Crippen LogP contribution in [0.15, 0.2) is 62.5 Å². The Balaban J connectivity index is 1.42. The first-order chi connectivity index (χ1) is 13.1. The number of ether oxygens (including phenoxy) is 1. The molecular formula is C18H14N4O5. The van der Waals surface area contributed by atoms with Gasteiger partial charge in [0.15, 0.2) is 12.4 Å². The molecule has 0 radical (unpaired) electrons. The van der Waals surface area contributed by atoms with Crippen LogP contribution in [0.3, 0.4) is 0 Å². The Kier molecular flexibility index (Phi) is 4.17. The van der Waals surface area contributed by atoms with Gasteiger partial charge in [0.05, 0.1) is 17.5 Å². The lowest BCUT2D eigenvalue weighted by atomic mass is 10.2. The van der Waals surface area contributed by atoms with Crippen LogP contribution in [0.1, 0.15) is 21.9 Å². The number of hydrogen-bond acceptors (Lipinski definition) is 7. The van der Waals surface area contributed by atoms with Crippen molar-refractivity contribution in [1.29, 1.82) is 0 Å². The van der Waals surface area contributed by atoms with Gasteiger partial charge in [-0.25, -0.2) is 9.59 Å². The van der Waals surface area contributed by atoms with Crippen LogP contribution in [-0.2, 0) is 11.3 Å². The predicted octanol–water partition coefficient (Wildman–Crippen LogP) is 2.47. The van der Waals surface area contributed by atoms with E-state index < -0.39 is 5.97 Å². The van der Waals surface area contributed by atoms with E-state index in [0.29, 0.717) is 17.0 Å². The predicted molar refractivity (Wildman–Crippen MR) is 92.2 cm³/mol. The number of aromatic amines is 1. The van der Waals surface area contributed by atoms with E-state index in [9.17, 15) is 9.59 Å². The van der Waals surface area contributed by atoms with Gasteiger partial charge in [-0.2, -0.15) is 0 Å². The van der Waals surface area contributed by atoms with Gasteiger partial charge in [-0.3, -0.25) is 4.57 Å². The molecule has 1 N–H and O–H groups in total. The van der Waals surface area contributed by atoms with Crippen LogP contribution in [-0.4, -0.2) is 25.7 Å². The molecule has 1 aromatic carbocycles. The van der Waals surface area contributed by atoms with E-state index in [-0.39, 0.29) is 24.1 Å². The monoisotopic (exact) mass is 366 g/mol. The molecule has 0 aliphatic rings. The highest BCUT2D eigenvalue weighted by molar-refractivity contribution is 5.89. The number of esters is 1. The molecule has 0 aliphatic carbocycles. The molecule has 3 heterocycles. The summed E-state index contributed by atoms with van der Waals surface area (Å²) in [4.78, 5) is 26.6. The number of carbonyl (C=O) groups is 1. The number of furan rings is 1. The third-order valence-electron chi connectivity index (χ3n) is 3.85. The number of rotatable bonds is 5. The fraction of sp³-hybridized carbons (Fsp3) is 0.111. The van der Waals surface area contributed by atoms with Crippen LogP contribution in [0, 0.1) is 6.92 Å². The number of aryl methyl sites for hydroxylation is 1. The molecule has 136 valence electrons. The van der Waals surface area contributed by atoms with Crippen molar-refractivity contribution in [2.24, 2.45) is 0 Å². The summed E-state index contributed by atoms with van der Waals surface area (Å²) in [6.07, 6.45) is 3.11. The van der Waals surface area contributed by atoms with E-state index in [0.717, 1.165) is 5.69 Å². The van der Waals surface area contributed by atoms with E-state index in [4.69, 9.17) is 13.6 Å². The average molecular weight is 366 g/mol. The lowest BCUT2D eigenvalue weighted by Crippen LogP contribution is -2.16. The van der Waals surface area contributed by atoms with Crippen molar-refractivity contribution in [2.75, 3.05) is 0 Å². The molecule has 0 atom stereocenters. The number of nitrogens with zero attached hydrogens (tertiary/aromatic N) is 3. The zero-order valence-corrected chi connectivity index (χ0v) is 14.2. The van der Waals surface area contributed by atoms with Gasteiger partial charge in [-0.1, -0.05) is 0 Å². The van der Waals surface area contributed by atoms with Crippen molar-refractivity contribution in [1.82, 2.24) is 19.7 Å². The van der Waals surface area contributed by atoms with Gasteiger partial charge in [0, 0.05) is 11.9 Å². The Morgan fingerprint density at radius 1 is 1.22 bits per heavy atom. The van der Waals surface area contributed by atoms with Gasteiger partial charge >= 0.3 is 11.7 Å². The Morgan fingerprint density at radius 3 is 2.70 bits per heavy atom. The fourth-order valence-electron chi connectivity index (χ4n) is 2.55. The highest BCUT2D eigenvalue weighted by Crippen LogP contribution is 2.18. The van der Waals surface area contributed by atoms with Gasteiger partial charge < -0.3 is 18.6 Å². The van der Waals surface area contributed by atoms with Gasteiger partial charge in [0.2, 0.25) is 0 Å². The maximum Gasteiger partial charge on any atom is 0.338 e. The molecule has 0 saturated carbocycles. The lowest BCUT2D eigenvalue weighted by molar-refractivity contribution is 0.0438. The Labute approximate surface area is 152 Å². The first kappa shape index (κ1) is 16.6. The number of nitrogens with one attached hydrogen (secondary N) is 1. The molecule has 0 unspecified atom stereocenters. The maximum absolute atomic E-state index is 12.2. The molecule has 9 nitrogen and oxygen atoms in total. The van der Waals surface area contributed by atoms with Crippen molar-refractivity contribution in [3.05, 3.63) is 76.5 Å². The van der Waals surface area contributed by atoms with Crippen LogP contribution < -0.4 is 5.69 Å². The van der Waals surface area contributed by atoms with E-state index in [1.807, 2.05) is 0 Å². The molecule has 0 aliphatic heterocycles. The van der Waals surface area contributed by atoms with Crippen molar-refractivity contribution in [3.8, 4) is 17.3 Å². The average Bonchev–Trinajstić information content (AvgIpc) is 3.41. The number of aromatic nitrogens is 4. The third-order valence-corrected chi connectivity index (χ3v) is 3.85. The van der Waals surface area contributed by atoms with Crippen LogP contribution in [0.25, 0.3) is 17.3 Å². The number of carbonyl (C=O) groups excluding carboxylic acids is 1. The first-order valence-electron chi connectivity index (χ1n) is 8.02. The number of imidazole rings is 1. The molecule has 9 heteroatoms. The first-order valence-corrected chi connectivity index (χ1v) is 8.02. The van der Waals surface area contributed by atoms with Crippen molar-refractivity contribution >= 4 is 5.97 Å². The summed E-state index contributed by atoms with van der Waals surface area (Å²) in [6, 6.07) is 9.88. The van der Waals surface area contributed by atoms with Crippen molar-refractivity contribution in [2.45, 2.75) is 13.5 Å². The fourth-order valence-corrected chi connectivity index (χ4v) is 2.55. The van der Waals surface area contributed by atoms with Crippen LogP contribution >= 0.6 is 0 Å². The van der Waals surface area contributed by atoms with Crippen LogP contribution in [0.4, 0.5) is 0 Å². The summed E-state index contributed by atoms with van der Waals surface area (Å²) < 4.78 is 17.2. The van der Waals surface area contributed by atoms with Crippen molar-refractivity contribution < 1.29 is 18.4 Å². The molecule has 0 spiro atoms. The normalized spacial score (nSPS) is 10.9. The molecule has 0 fully saturated rings. The quantitative estimate of drug-likeness (QED) is 0.539. The second-order valence-corrected chi connectivity index (χ2v) is 5.67. The highest BCUT2D eigenvalue weighted by atomic mass is 16.5. The lowest BCUT2D eigenvalue weighted by Gasteiger charge is -2.06. The molecule has 0 amide bonds. The summed E-state index contributed by atoms with van der Waals surface area (Å²) in [5.74, 6) is 0.256. The molecule has 4 rings (SSSR count). The number of benzene rings is 1. The SMILES string of the molecule is Cc1c[nH]c(=O)n1-c1ccc(C(=O)OCc2nnc(-c3ccco3)o2)cc1. The molecule has 27 heavy (non-hydrogen) atoms. The Hall–Kier alpha value is -3.88. The number of H-pyrrole nitrogens is 1. The molecule has 3 aromatic heterocycles. The van der Waals surface area contributed by atoms with E-state index in [2.05, 4.69) is 15.2 Å². The summed E-state index contributed by atoms with van der Waals surface area (Å²) in [5.41, 5.74) is 1.51. The molecule has 0 bridgehead atoms. The summed E-state index contributed by atoms with van der Waals surface area (Å²) >= 11 is 0. The van der Waals surface area contributed by atoms with E-state index >= 15 is 0 Å². The standard InChI is InChI=1S/C18H14N4O5/c1-11-9-19-18(24)22(11)13-6-4-12(5-7-13)17(23)26-10-15-20-21-16(27-15)14-3-2-8-25-14/h2-9H,10H2,1H3,(H,19,24). The third kappa shape index (κ3) is 3.30. The summed E-state index contributed by atoms with van der Waals surface area (Å²) in [7, 11) is 0. The van der Waals surface area contributed by atoms with Gasteiger partial charge in [0.25, 0.3) is 11.8 Å². The summed E-state index contributed by atoms with van der Waals surface area (Å²) in [5, 5.41) is 7.64. The topological polar surface area (TPSA) is 116 Å².